The van der Waals surface area contributed by atoms with E-state index in [1.54, 1.807) is 46.7 Å². The predicted molar refractivity (Wildman–Crippen MR) is 138 cm³/mol. The highest BCUT2D eigenvalue weighted by Crippen LogP contribution is 2.16. The first kappa shape index (κ1) is 32.0. The standard InChI is InChI=1S/C25H39N5O9/c1-16(23(34)35)29-10-8-28(21(25(38)39)6-7-22(33)26-12-20(32)15-31)9-11-30(17(2)24(36)37)14-19-5-3-4-18(13-29)27-19/h3-5,16-17,20-21,31-32H,6-15H2,1-2H3,(H,26,33)(H,34,35)(H,36,37)(H,38,39)/t16-,17-,20?,21-/m1/s1. The highest BCUT2D eigenvalue weighted by molar-refractivity contribution is 5.78. The third-order valence-electron chi connectivity index (χ3n) is 6.87. The fourth-order valence-electron chi connectivity index (χ4n) is 4.31. The molecule has 4 atom stereocenters. The van der Waals surface area contributed by atoms with E-state index in [0.717, 1.165) is 0 Å². The van der Waals surface area contributed by atoms with E-state index in [-0.39, 0.29) is 58.7 Å². The first-order valence-electron chi connectivity index (χ1n) is 12.8. The van der Waals surface area contributed by atoms with E-state index in [0.29, 0.717) is 11.4 Å². The van der Waals surface area contributed by atoms with Crippen molar-refractivity contribution in [2.24, 2.45) is 0 Å². The fraction of sp³-hybridized carbons (Fsp3) is 0.640. The number of hydrogen-bond donors (Lipinski definition) is 6. The van der Waals surface area contributed by atoms with E-state index in [9.17, 15) is 39.6 Å². The predicted octanol–water partition coefficient (Wildman–Crippen LogP) is -1.35. The molecule has 218 valence electrons. The monoisotopic (exact) mass is 553 g/mol. The Morgan fingerprint density at radius 2 is 1.36 bits per heavy atom. The van der Waals surface area contributed by atoms with Gasteiger partial charge in [0.05, 0.1) is 24.1 Å². The molecule has 0 fully saturated rings. The molecule has 2 bridgehead atoms. The molecule has 6 N–H and O–H groups in total. The first-order chi connectivity index (χ1) is 18.4. The van der Waals surface area contributed by atoms with Crippen LogP contribution in [0.1, 0.15) is 38.1 Å². The van der Waals surface area contributed by atoms with Crippen molar-refractivity contribution < 1.29 is 44.7 Å². The van der Waals surface area contributed by atoms with Crippen molar-refractivity contribution in [1.82, 2.24) is 25.0 Å². The number of hydrogen-bond acceptors (Lipinski definition) is 10. The zero-order valence-corrected chi connectivity index (χ0v) is 22.3. The Labute approximate surface area is 226 Å². The van der Waals surface area contributed by atoms with Crippen LogP contribution in [0.4, 0.5) is 0 Å². The number of aliphatic hydroxyl groups is 2. The normalized spacial score (nSPS) is 19.1. The molecule has 2 rings (SSSR count). The van der Waals surface area contributed by atoms with Crippen LogP contribution in [0.2, 0.25) is 0 Å². The Hall–Kier alpha value is -3.17. The smallest absolute Gasteiger partial charge is 0.320 e. The second-order valence-corrected chi connectivity index (χ2v) is 9.66. The summed E-state index contributed by atoms with van der Waals surface area (Å²) in [4.78, 5) is 57.7. The first-order valence-corrected chi connectivity index (χ1v) is 12.8. The summed E-state index contributed by atoms with van der Waals surface area (Å²) in [5, 5.41) is 50.1. The van der Waals surface area contributed by atoms with Gasteiger partial charge in [-0.25, -0.2) is 0 Å². The van der Waals surface area contributed by atoms with Crippen LogP contribution in [0.5, 0.6) is 0 Å². The summed E-state index contributed by atoms with van der Waals surface area (Å²) in [5.74, 6) is -3.74. The number of pyridine rings is 1. The van der Waals surface area contributed by atoms with Crippen molar-refractivity contribution in [3.63, 3.8) is 0 Å². The summed E-state index contributed by atoms with van der Waals surface area (Å²) in [6.45, 7) is 3.43. The number of carbonyl (C=O) groups is 4. The van der Waals surface area contributed by atoms with Crippen LogP contribution in [0.15, 0.2) is 18.2 Å². The minimum absolute atomic E-state index is 0.0695. The maximum atomic E-state index is 12.3. The molecule has 1 unspecified atom stereocenters. The second kappa shape index (κ2) is 15.4. The van der Waals surface area contributed by atoms with Crippen molar-refractivity contribution in [1.29, 1.82) is 0 Å². The van der Waals surface area contributed by atoms with Gasteiger partial charge in [0.1, 0.15) is 18.1 Å². The van der Waals surface area contributed by atoms with Crippen molar-refractivity contribution >= 4 is 23.8 Å². The Bertz CT molecular complexity index is 945. The molecule has 1 aromatic heterocycles. The number of carbonyl (C=O) groups excluding carboxylic acids is 1. The van der Waals surface area contributed by atoms with E-state index in [1.165, 1.54) is 0 Å². The molecule has 0 aliphatic carbocycles. The zero-order valence-electron chi connectivity index (χ0n) is 22.3. The molecule has 0 radical (unpaired) electrons. The number of nitrogens with zero attached hydrogens (tertiary/aromatic N) is 4. The van der Waals surface area contributed by atoms with E-state index in [4.69, 9.17) is 5.11 Å². The van der Waals surface area contributed by atoms with Crippen molar-refractivity contribution in [3.05, 3.63) is 29.6 Å². The lowest BCUT2D eigenvalue weighted by Crippen LogP contribution is -2.51. The molecule has 0 spiro atoms. The molecule has 14 heteroatoms. The number of amides is 1. The summed E-state index contributed by atoms with van der Waals surface area (Å²) in [7, 11) is 0. The van der Waals surface area contributed by atoms with Gasteiger partial charge in [0.25, 0.3) is 0 Å². The topological polar surface area (TPSA) is 204 Å². The molecule has 0 saturated carbocycles. The second-order valence-electron chi connectivity index (χ2n) is 9.66. The Balaban J connectivity index is 2.33. The van der Waals surface area contributed by atoms with Crippen LogP contribution in [0, 0.1) is 0 Å². The van der Waals surface area contributed by atoms with Gasteiger partial charge in [-0.15, -0.1) is 0 Å². The summed E-state index contributed by atoms with van der Waals surface area (Å²) >= 11 is 0. The van der Waals surface area contributed by atoms with Crippen molar-refractivity contribution in [3.8, 4) is 0 Å². The number of aliphatic carboxylic acids is 3. The van der Waals surface area contributed by atoms with Crippen LogP contribution in [-0.2, 0) is 32.3 Å². The van der Waals surface area contributed by atoms with E-state index in [2.05, 4.69) is 10.3 Å². The van der Waals surface area contributed by atoms with Crippen molar-refractivity contribution in [2.45, 2.75) is 64.0 Å². The average Bonchev–Trinajstić information content (AvgIpc) is 2.89. The molecular weight excluding hydrogens is 514 g/mol. The molecule has 0 saturated heterocycles. The Morgan fingerprint density at radius 3 is 1.79 bits per heavy atom. The molecule has 1 aliphatic rings. The quantitative estimate of drug-likeness (QED) is 0.177. The Kier molecular flexibility index (Phi) is 12.7. The van der Waals surface area contributed by atoms with Gasteiger partial charge in [0.15, 0.2) is 0 Å². The SMILES string of the molecule is C[C@H](C(=O)O)N1CCN([C@H](CCC(=O)NCC(O)CO)C(=O)O)CCN([C@H](C)C(=O)O)Cc2cccc(n2)C1. The zero-order chi connectivity index (χ0) is 29.1. The number of rotatable bonds is 12. The third-order valence-corrected chi connectivity index (χ3v) is 6.87. The lowest BCUT2D eigenvalue weighted by Gasteiger charge is -2.36. The lowest BCUT2D eigenvalue weighted by molar-refractivity contribution is -0.146. The fourth-order valence-corrected chi connectivity index (χ4v) is 4.31. The van der Waals surface area contributed by atoms with Crippen molar-refractivity contribution in [2.75, 3.05) is 39.3 Å². The van der Waals surface area contributed by atoms with Gasteiger partial charge >= 0.3 is 17.9 Å². The molecule has 1 aliphatic heterocycles. The largest absolute Gasteiger partial charge is 0.480 e. The molecule has 0 aromatic carbocycles. The van der Waals surface area contributed by atoms with Gasteiger partial charge in [-0.2, -0.15) is 0 Å². The molecule has 1 amide bonds. The number of nitrogens with one attached hydrogen (secondary N) is 1. The highest BCUT2D eigenvalue weighted by Gasteiger charge is 2.31. The molecule has 39 heavy (non-hydrogen) atoms. The summed E-state index contributed by atoms with van der Waals surface area (Å²) < 4.78 is 0. The minimum Gasteiger partial charge on any atom is -0.480 e. The summed E-state index contributed by atoms with van der Waals surface area (Å²) in [6, 6.07) is 2.43. The van der Waals surface area contributed by atoms with E-state index in [1.807, 2.05) is 0 Å². The van der Waals surface area contributed by atoms with Gasteiger partial charge in [0.2, 0.25) is 5.91 Å². The maximum absolute atomic E-state index is 12.3. The average molecular weight is 554 g/mol. The Morgan fingerprint density at radius 1 is 0.872 bits per heavy atom. The number of fused-ring (bicyclic) bond motifs is 2. The maximum Gasteiger partial charge on any atom is 0.320 e. The lowest BCUT2D eigenvalue weighted by atomic mass is 10.1. The number of carboxylic acid groups (broad SMARTS) is 3. The van der Waals surface area contributed by atoms with Gasteiger partial charge in [0, 0.05) is 52.2 Å². The third kappa shape index (κ3) is 10.1. The molecule has 1 aromatic rings. The van der Waals surface area contributed by atoms with Gasteiger partial charge in [-0.05, 0) is 32.4 Å². The molecular formula is C25H39N5O9. The van der Waals surface area contributed by atoms with Crippen LogP contribution in [0.25, 0.3) is 0 Å². The van der Waals surface area contributed by atoms with Crippen LogP contribution >= 0.6 is 0 Å². The van der Waals surface area contributed by atoms with Crippen LogP contribution in [-0.4, -0.2) is 133 Å². The number of aliphatic hydroxyl groups excluding tert-OH is 2. The molecule has 14 nitrogen and oxygen atoms in total. The number of aromatic nitrogens is 1. The van der Waals surface area contributed by atoms with Gasteiger partial charge < -0.3 is 30.8 Å². The van der Waals surface area contributed by atoms with Gasteiger partial charge in [-0.3, -0.25) is 38.9 Å². The van der Waals surface area contributed by atoms with Crippen LogP contribution < -0.4 is 5.32 Å². The van der Waals surface area contributed by atoms with Crippen LogP contribution in [0.3, 0.4) is 0 Å². The van der Waals surface area contributed by atoms with E-state index >= 15 is 0 Å². The summed E-state index contributed by atoms with van der Waals surface area (Å²) in [5.41, 5.74) is 1.21. The highest BCUT2D eigenvalue weighted by atomic mass is 16.4. The van der Waals surface area contributed by atoms with E-state index < -0.39 is 54.7 Å². The number of carboxylic acids is 3. The summed E-state index contributed by atoms with van der Waals surface area (Å²) in [6.07, 6.45) is -1.36. The molecule has 2 heterocycles. The minimum atomic E-state index is -1.17. The van der Waals surface area contributed by atoms with Gasteiger partial charge in [-0.1, -0.05) is 6.07 Å².